The van der Waals surface area contributed by atoms with Crippen molar-refractivity contribution in [3.63, 3.8) is 0 Å². The minimum atomic E-state index is -6.72. The first-order valence-electron chi connectivity index (χ1n) is 5.27. The topological polar surface area (TPSA) is 91.2 Å². The van der Waals surface area contributed by atoms with Crippen LogP contribution in [-0.4, -0.2) is 32.4 Å². The predicted molar refractivity (Wildman–Crippen MR) is 70.7 cm³/mol. The fourth-order valence-corrected chi connectivity index (χ4v) is 2.52. The lowest BCUT2D eigenvalue weighted by Gasteiger charge is -2.22. The van der Waals surface area contributed by atoms with Crippen molar-refractivity contribution in [2.24, 2.45) is 0 Å². The highest BCUT2D eigenvalue weighted by Gasteiger charge is 2.46. The van der Waals surface area contributed by atoms with Crippen LogP contribution in [0.4, 0.5) is 26.3 Å². The minimum absolute atomic E-state index is 0.778. The van der Waals surface area contributed by atoms with Crippen molar-refractivity contribution in [3.05, 3.63) is 36.0 Å². The number of hydrogen-bond acceptors (Lipinski definition) is 4. The van der Waals surface area contributed by atoms with Crippen LogP contribution in [0.25, 0.3) is 16.5 Å². The molecule has 0 fully saturated rings. The van der Waals surface area contributed by atoms with Gasteiger partial charge in [-0.15, -0.1) is 0 Å². The van der Waals surface area contributed by atoms with Crippen molar-refractivity contribution >= 4 is 32.4 Å². The third-order valence-electron chi connectivity index (χ3n) is 1.88. The summed E-state index contributed by atoms with van der Waals surface area (Å²) < 4.78 is 113. The Morgan fingerprint density at radius 3 is 1.58 bits per heavy atom. The molecule has 0 unspecified atom stereocenters. The van der Waals surface area contributed by atoms with E-state index < -0.39 is 31.1 Å². The van der Waals surface area contributed by atoms with Crippen LogP contribution in [0.1, 0.15) is 0 Å². The summed E-state index contributed by atoms with van der Waals surface area (Å²) in [5.74, 6) is 0. The third-order valence-corrected chi connectivity index (χ3v) is 4.62. The molecule has 0 atom stereocenters. The van der Waals surface area contributed by atoms with Crippen LogP contribution in [0.5, 0.6) is 0 Å². The van der Waals surface area contributed by atoms with Crippen LogP contribution >= 0.6 is 0 Å². The SMILES string of the molecule is C=Cn1cc[n+](C=C)c1.O=S(=O)([N-]S(=O)(=O)C(F)(F)F)C(F)(F)F. The number of rotatable bonds is 4. The van der Waals surface area contributed by atoms with E-state index in [1.165, 1.54) is 0 Å². The number of sulfonamides is 2. The number of hydrogen-bond donors (Lipinski definition) is 0. The molecule has 0 aromatic carbocycles. The van der Waals surface area contributed by atoms with Gasteiger partial charge in [0.2, 0.25) is 0 Å². The lowest BCUT2D eigenvalue weighted by atomic mass is 10.8. The van der Waals surface area contributed by atoms with Crippen LogP contribution in [-0.2, 0) is 20.0 Å². The molecule has 0 aliphatic rings. The molecule has 0 radical (unpaired) electrons. The van der Waals surface area contributed by atoms with Crippen LogP contribution < -0.4 is 4.57 Å². The zero-order valence-electron chi connectivity index (χ0n) is 11.4. The molecule has 0 aliphatic heterocycles. The Hall–Kier alpha value is -1.87. The molecule has 0 N–H and O–H groups in total. The molecule has 0 aliphatic carbocycles. The van der Waals surface area contributed by atoms with Gasteiger partial charge in [-0.25, -0.2) is 26.0 Å². The van der Waals surface area contributed by atoms with Crippen molar-refractivity contribution in [3.8, 4) is 0 Å². The maximum atomic E-state index is 11.4. The Morgan fingerprint density at radius 1 is 0.958 bits per heavy atom. The summed E-state index contributed by atoms with van der Waals surface area (Å²) in [6.45, 7) is 7.19. The van der Waals surface area contributed by atoms with Crippen LogP contribution in [0.3, 0.4) is 0 Å². The summed E-state index contributed by atoms with van der Waals surface area (Å²) in [6.07, 6.45) is 9.11. The lowest BCUT2D eigenvalue weighted by molar-refractivity contribution is -0.566. The van der Waals surface area contributed by atoms with E-state index in [1.54, 1.807) is 12.4 Å². The molecule has 1 rings (SSSR count). The molecule has 0 amide bonds. The van der Waals surface area contributed by atoms with Gasteiger partial charge in [0.1, 0.15) is 12.4 Å². The molecule has 0 spiro atoms. The second kappa shape index (κ2) is 7.35. The average molecular weight is 401 g/mol. The third kappa shape index (κ3) is 5.97. The smallest absolute Gasteiger partial charge is 0.421 e. The van der Waals surface area contributed by atoms with Crippen molar-refractivity contribution in [1.29, 1.82) is 0 Å². The molecule has 24 heavy (non-hydrogen) atoms. The van der Waals surface area contributed by atoms with E-state index >= 15 is 0 Å². The van der Waals surface area contributed by atoms with E-state index in [2.05, 4.69) is 13.2 Å². The van der Waals surface area contributed by atoms with E-state index in [1.807, 2.05) is 27.9 Å². The van der Waals surface area contributed by atoms with E-state index in [0.717, 1.165) is 4.13 Å². The Labute approximate surface area is 132 Å². The van der Waals surface area contributed by atoms with Crippen molar-refractivity contribution in [2.75, 3.05) is 0 Å². The fourth-order valence-electron chi connectivity index (χ4n) is 0.815. The van der Waals surface area contributed by atoms with Gasteiger partial charge in [0.25, 0.3) is 6.33 Å². The van der Waals surface area contributed by atoms with Gasteiger partial charge in [0, 0.05) is 0 Å². The summed E-state index contributed by atoms with van der Waals surface area (Å²) in [5, 5.41) is 0. The summed E-state index contributed by atoms with van der Waals surface area (Å²) in [5.41, 5.74) is -12.4. The Bertz CT molecular complexity index is 727. The molecular weight excluding hydrogens is 392 g/mol. The minimum Gasteiger partial charge on any atom is -0.421 e. The van der Waals surface area contributed by atoms with Gasteiger partial charge in [-0.1, -0.05) is 13.2 Å². The van der Waals surface area contributed by atoms with Gasteiger partial charge >= 0.3 is 11.0 Å². The maximum Gasteiger partial charge on any atom is 0.480 e. The molecule has 15 heteroatoms. The number of halogens is 6. The fraction of sp³-hybridized carbons (Fsp3) is 0.222. The van der Waals surface area contributed by atoms with E-state index in [4.69, 9.17) is 0 Å². The van der Waals surface area contributed by atoms with Crippen LogP contribution in [0, 0.1) is 0 Å². The molecule has 1 aromatic heterocycles. The number of nitrogens with zero attached hydrogens (tertiary/aromatic N) is 3. The Kier molecular flexibility index (Phi) is 6.78. The first-order valence-corrected chi connectivity index (χ1v) is 8.15. The van der Waals surface area contributed by atoms with Gasteiger partial charge < -0.3 is 4.13 Å². The molecule has 0 saturated carbocycles. The first-order chi connectivity index (χ1) is 10.6. The number of aromatic nitrogens is 2. The lowest BCUT2D eigenvalue weighted by Crippen LogP contribution is -2.30. The van der Waals surface area contributed by atoms with Crippen LogP contribution in [0.2, 0.25) is 0 Å². The highest BCUT2D eigenvalue weighted by molar-refractivity contribution is 8.13. The zero-order chi connectivity index (χ0) is 19.4. The van der Waals surface area contributed by atoms with Gasteiger partial charge in [0.15, 0.2) is 20.0 Å². The van der Waals surface area contributed by atoms with E-state index in [9.17, 15) is 43.2 Å². The van der Waals surface area contributed by atoms with E-state index in [0.29, 0.717) is 0 Å². The molecular formula is C9H9F6N3O4S2. The Balaban J connectivity index is 0.000000496. The highest BCUT2D eigenvalue weighted by atomic mass is 32.3. The standard InChI is InChI=1S/C7H9N2.C2F6NO4S2/c1-3-8-5-6-9(4-2)7-8;3-1(4,5)14(10,11)9-15(12,13)2(6,7)8/h3-7H,1-2H2;/q+1;-1. The average Bonchev–Trinajstić information content (AvgIpc) is 2.83. The predicted octanol–water partition coefficient (Wildman–Crippen LogP) is 2.04. The largest absolute Gasteiger partial charge is 0.480 e. The van der Waals surface area contributed by atoms with Gasteiger partial charge in [-0.2, -0.15) is 26.3 Å². The van der Waals surface area contributed by atoms with E-state index in [-0.39, 0.29) is 0 Å². The first kappa shape index (κ1) is 22.1. The quantitative estimate of drug-likeness (QED) is 0.570. The maximum absolute atomic E-state index is 11.4. The molecule has 138 valence electrons. The molecule has 1 heterocycles. The van der Waals surface area contributed by atoms with Crippen LogP contribution in [0.15, 0.2) is 31.9 Å². The summed E-state index contributed by atoms with van der Waals surface area (Å²) >= 11 is 0. The summed E-state index contributed by atoms with van der Waals surface area (Å²) in [6, 6.07) is 0. The second-order valence-electron chi connectivity index (χ2n) is 3.59. The highest BCUT2D eigenvalue weighted by Crippen LogP contribution is 2.36. The molecule has 0 bridgehead atoms. The monoisotopic (exact) mass is 401 g/mol. The molecule has 1 aromatic rings. The molecule has 0 saturated heterocycles. The summed E-state index contributed by atoms with van der Waals surface area (Å²) in [4.78, 5) is 0. The van der Waals surface area contributed by atoms with Crippen molar-refractivity contribution in [1.82, 2.24) is 4.57 Å². The zero-order valence-corrected chi connectivity index (χ0v) is 13.0. The van der Waals surface area contributed by atoms with Gasteiger partial charge in [0.05, 0.1) is 12.4 Å². The number of alkyl halides is 6. The molecule has 7 nitrogen and oxygen atoms in total. The summed E-state index contributed by atoms with van der Waals surface area (Å²) in [7, 11) is -13.4. The van der Waals surface area contributed by atoms with Gasteiger partial charge in [-0.05, 0) is 0 Å². The van der Waals surface area contributed by atoms with Crippen molar-refractivity contribution < 1.29 is 47.7 Å². The second-order valence-corrected chi connectivity index (χ2v) is 7.01. The van der Waals surface area contributed by atoms with Gasteiger partial charge in [-0.3, -0.25) is 0 Å². The Morgan fingerprint density at radius 2 is 1.38 bits per heavy atom. The van der Waals surface area contributed by atoms with Crippen molar-refractivity contribution in [2.45, 2.75) is 11.0 Å². The normalized spacial score (nSPS) is 12.9. The number of imidazole rings is 1.